The van der Waals surface area contributed by atoms with Gasteiger partial charge in [0.25, 0.3) is 5.91 Å². The number of carbonyl (C=O) groups excluding carboxylic acids is 1. The third kappa shape index (κ3) is 3.63. The highest BCUT2D eigenvalue weighted by atomic mass is 32.2. The summed E-state index contributed by atoms with van der Waals surface area (Å²) in [4.78, 5) is 20.9. The number of rotatable bonds is 5. The van der Waals surface area contributed by atoms with Gasteiger partial charge in [-0.15, -0.1) is 11.8 Å². The van der Waals surface area contributed by atoms with Crippen molar-refractivity contribution in [3.05, 3.63) is 77.7 Å². The number of thioether (sulfide) groups is 1. The lowest BCUT2D eigenvalue weighted by atomic mass is 10.1. The molecule has 2 aromatic heterocycles. The Morgan fingerprint density at radius 2 is 2.04 bits per heavy atom. The molecule has 0 N–H and O–H groups in total. The third-order valence-corrected chi connectivity index (χ3v) is 6.04. The highest BCUT2D eigenvalue weighted by Gasteiger charge is 2.23. The van der Waals surface area contributed by atoms with Crippen molar-refractivity contribution in [2.24, 2.45) is 0 Å². The molecule has 0 aliphatic heterocycles. The molecule has 27 heavy (non-hydrogen) atoms. The number of fused-ring (bicyclic) bond motifs is 1. The summed E-state index contributed by atoms with van der Waals surface area (Å²) < 4.78 is 6.56. The van der Waals surface area contributed by atoms with E-state index in [2.05, 4.69) is 6.07 Å². The monoisotopic (exact) mass is 394 g/mol. The first-order chi connectivity index (χ1) is 13.2. The Kier molecular flexibility index (Phi) is 5.01. The number of amides is 1. The molecule has 0 saturated carbocycles. The van der Waals surface area contributed by atoms with Crippen molar-refractivity contribution >= 4 is 44.4 Å². The van der Waals surface area contributed by atoms with E-state index in [1.54, 1.807) is 22.9 Å². The summed E-state index contributed by atoms with van der Waals surface area (Å²) in [6, 6.07) is 17.4. The molecule has 0 aliphatic rings. The average molecular weight is 395 g/mol. The number of aryl methyl sites for hydroxylation is 1. The van der Waals surface area contributed by atoms with Gasteiger partial charge in [0, 0.05) is 10.5 Å². The standard InChI is InChI=1S/C21H18N2O2S2/c1-14-6-3-7-15(12-14)20(24)23(13-16-8-5-11-25-16)21-22-19-17(26-2)9-4-10-18(19)27-21/h3-12H,13H2,1-2H3. The first-order valence-electron chi connectivity index (χ1n) is 8.50. The van der Waals surface area contributed by atoms with Gasteiger partial charge >= 0.3 is 0 Å². The summed E-state index contributed by atoms with van der Waals surface area (Å²) in [5.41, 5.74) is 2.63. The van der Waals surface area contributed by atoms with Crippen LogP contribution in [0.4, 0.5) is 5.13 Å². The summed E-state index contributed by atoms with van der Waals surface area (Å²) in [6.07, 6.45) is 3.65. The number of furan rings is 1. The Morgan fingerprint density at radius 3 is 2.78 bits per heavy atom. The molecule has 136 valence electrons. The number of hydrogen-bond donors (Lipinski definition) is 0. The number of hydrogen-bond acceptors (Lipinski definition) is 5. The topological polar surface area (TPSA) is 46.3 Å². The zero-order valence-corrected chi connectivity index (χ0v) is 16.6. The van der Waals surface area contributed by atoms with Crippen molar-refractivity contribution in [1.82, 2.24) is 4.98 Å². The largest absolute Gasteiger partial charge is 0.467 e. The Balaban J connectivity index is 1.79. The molecule has 2 aromatic carbocycles. The fourth-order valence-electron chi connectivity index (χ4n) is 2.91. The lowest BCUT2D eigenvalue weighted by Crippen LogP contribution is -2.30. The van der Waals surface area contributed by atoms with E-state index in [4.69, 9.17) is 9.40 Å². The lowest BCUT2D eigenvalue weighted by Gasteiger charge is -2.19. The highest BCUT2D eigenvalue weighted by molar-refractivity contribution is 7.98. The summed E-state index contributed by atoms with van der Waals surface area (Å²) in [6.45, 7) is 2.32. The van der Waals surface area contributed by atoms with E-state index in [1.165, 1.54) is 11.3 Å². The second-order valence-electron chi connectivity index (χ2n) is 6.14. The van der Waals surface area contributed by atoms with Crippen molar-refractivity contribution < 1.29 is 9.21 Å². The first kappa shape index (κ1) is 17.8. The first-order valence-corrected chi connectivity index (χ1v) is 10.5. The van der Waals surface area contributed by atoms with Crippen LogP contribution in [0.25, 0.3) is 10.2 Å². The number of carbonyl (C=O) groups is 1. The molecule has 2 heterocycles. The van der Waals surface area contributed by atoms with Crippen LogP contribution in [-0.4, -0.2) is 17.1 Å². The van der Waals surface area contributed by atoms with Gasteiger partial charge in [-0.1, -0.05) is 35.1 Å². The van der Waals surface area contributed by atoms with Crippen molar-refractivity contribution in [3.63, 3.8) is 0 Å². The predicted octanol–water partition coefficient (Wildman–Crippen LogP) is 5.77. The average Bonchev–Trinajstić information content (AvgIpc) is 3.34. The van der Waals surface area contributed by atoms with Crippen molar-refractivity contribution in [3.8, 4) is 0 Å². The quantitative estimate of drug-likeness (QED) is 0.403. The number of para-hydroxylation sites is 1. The number of nitrogens with zero attached hydrogens (tertiary/aromatic N) is 2. The van der Waals surface area contributed by atoms with Crippen LogP contribution < -0.4 is 4.90 Å². The van der Waals surface area contributed by atoms with Crippen molar-refractivity contribution in [1.29, 1.82) is 0 Å². The van der Waals surface area contributed by atoms with E-state index >= 15 is 0 Å². The summed E-state index contributed by atoms with van der Waals surface area (Å²) in [7, 11) is 0. The molecule has 0 bridgehead atoms. The molecule has 6 heteroatoms. The second-order valence-corrected chi connectivity index (χ2v) is 8.00. The van der Waals surface area contributed by atoms with Gasteiger partial charge < -0.3 is 4.42 Å². The van der Waals surface area contributed by atoms with E-state index in [1.807, 2.05) is 61.7 Å². The van der Waals surface area contributed by atoms with Crippen LogP contribution in [0, 0.1) is 6.92 Å². The fourth-order valence-corrected chi connectivity index (χ4v) is 4.53. The predicted molar refractivity (Wildman–Crippen MR) is 112 cm³/mol. The number of thiazole rings is 1. The van der Waals surface area contributed by atoms with Crippen molar-refractivity contribution in [2.75, 3.05) is 11.2 Å². The van der Waals surface area contributed by atoms with Crippen LogP contribution in [0.15, 0.2) is 70.2 Å². The van der Waals surface area contributed by atoms with Crippen LogP contribution in [0.5, 0.6) is 0 Å². The van der Waals surface area contributed by atoms with Crippen LogP contribution >= 0.6 is 23.1 Å². The maximum Gasteiger partial charge on any atom is 0.260 e. The normalized spacial score (nSPS) is 11.0. The molecule has 4 rings (SSSR count). The van der Waals surface area contributed by atoms with Crippen molar-refractivity contribution in [2.45, 2.75) is 18.4 Å². The Hall–Kier alpha value is -2.57. The molecule has 0 saturated heterocycles. The Bertz CT molecular complexity index is 1090. The van der Waals surface area contributed by atoms with Crippen LogP contribution in [0.2, 0.25) is 0 Å². The van der Waals surface area contributed by atoms with Gasteiger partial charge in [-0.3, -0.25) is 9.69 Å². The van der Waals surface area contributed by atoms with E-state index in [0.29, 0.717) is 17.2 Å². The molecule has 4 nitrogen and oxygen atoms in total. The van der Waals surface area contributed by atoms with Gasteiger partial charge in [0.2, 0.25) is 0 Å². The smallest absolute Gasteiger partial charge is 0.260 e. The maximum absolute atomic E-state index is 13.3. The van der Waals surface area contributed by atoms with Crippen LogP contribution in [-0.2, 0) is 6.54 Å². The molecule has 0 fully saturated rings. The second kappa shape index (κ2) is 7.58. The molecule has 0 aliphatic carbocycles. The van der Waals surface area contributed by atoms with Gasteiger partial charge in [0.1, 0.15) is 5.76 Å². The van der Waals surface area contributed by atoms with Crippen LogP contribution in [0.3, 0.4) is 0 Å². The minimum atomic E-state index is -0.0835. The maximum atomic E-state index is 13.3. The number of aromatic nitrogens is 1. The molecule has 0 radical (unpaired) electrons. The summed E-state index contributed by atoms with van der Waals surface area (Å²) in [5, 5.41) is 0.675. The van der Waals surface area contributed by atoms with Gasteiger partial charge in [0.05, 0.1) is 23.0 Å². The minimum absolute atomic E-state index is 0.0835. The van der Waals surface area contributed by atoms with E-state index in [9.17, 15) is 4.79 Å². The van der Waals surface area contributed by atoms with Gasteiger partial charge in [-0.25, -0.2) is 4.98 Å². The SMILES string of the molecule is CSc1cccc2sc(N(Cc3ccco3)C(=O)c3cccc(C)c3)nc12. The van der Waals surface area contributed by atoms with E-state index in [-0.39, 0.29) is 5.91 Å². The summed E-state index contributed by atoms with van der Waals surface area (Å²) in [5.74, 6) is 0.639. The zero-order chi connectivity index (χ0) is 18.8. The van der Waals surface area contributed by atoms with Crippen LogP contribution in [0.1, 0.15) is 21.7 Å². The Morgan fingerprint density at radius 1 is 1.19 bits per heavy atom. The minimum Gasteiger partial charge on any atom is -0.467 e. The third-order valence-electron chi connectivity index (χ3n) is 4.23. The highest BCUT2D eigenvalue weighted by Crippen LogP contribution is 2.35. The molecule has 0 unspecified atom stereocenters. The zero-order valence-electron chi connectivity index (χ0n) is 15.0. The van der Waals surface area contributed by atoms with Gasteiger partial charge in [-0.2, -0.15) is 0 Å². The van der Waals surface area contributed by atoms with Gasteiger partial charge in [-0.05, 0) is 49.6 Å². The molecule has 1 amide bonds. The number of benzene rings is 2. The molecular formula is C21H18N2O2S2. The van der Waals surface area contributed by atoms with E-state index < -0.39 is 0 Å². The lowest BCUT2D eigenvalue weighted by molar-refractivity contribution is 0.0983. The number of anilines is 1. The van der Waals surface area contributed by atoms with Gasteiger partial charge in [0.15, 0.2) is 5.13 Å². The Labute approximate surface area is 165 Å². The summed E-state index contributed by atoms with van der Waals surface area (Å²) >= 11 is 3.18. The molecule has 0 spiro atoms. The fraction of sp³-hybridized carbons (Fsp3) is 0.143. The molecule has 4 aromatic rings. The van der Waals surface area contributed by atoms with E-state index in [0.717, 1.165) is 26.4 Å². The molecular weight excluding hydrogens is 376 g/mol. The molecule has 0 atom stereocenters.